The first-order chi connectivity index (χ1) is 7.83. The molecule has 0 fully saturated rings. The topological polar surface area (TPSA) is 30.7 Å². The number of rotatable bonds is 2. The van der Waals surface area contributed by atoms with Crippen molar-refractivity contribution in [2.45, 2.75) is 13.5 Å². The van der Waals surface area contributed by atoms with Gasteiger partial charge in [0.1, 0.15) is 5.01 Å². The summed E-state index contributed by atoms with van der Waals surface area (Å²) in [4.78, 5) is 8.82. The molecule has 2 heterocycles. The van der Waals surface area contributed by atoms with Crippen LogP contribution in [0.2, 0.25) is 0 Å². The fourth-order valence-corrected chi connectivity index (χ4v) is 2.53. The summed E-state index contributed by atoms with van der Waals surface area (Å²) in [5.74, 6) is 0. The summed E-state index contributed by atoms with van der Waals surface area (Å²) in [7, 11) is 0. The van der Waals surface area contributed by atoms with Crippen LogP contribution in [0.5, 0.6) is 0 Å². The second-order valence-electron chi connectivity index (χ2n) is 3.74. The summed E-state index contributed by atoms with van der Waals surface area (Å²) in [6.07, 6.45) is 1.88. The zero-order valence-corrected chi connectivity index (χ0v) is 9.74. The molecule has 3 rings (SSSR count). The molecule has 0 saturated heterocycles. The number of fused-ring (bicyclic) bond motifs is 1. The molecule has 2 aromatic heterocycles. The average molecular weight is 229 g/mol. The molecule has 16 heavy (non-hydrogen) atoms. The van der Waals surface area contributed by atoms with Crippen LogP contribution in [-0.4, -0.2) is 14.5 Å². The highest BCUT2D eigenvalue weighted by atomic mass is 32.1. The van der Waals surface area contributed by atoms with Crippen LogP contribution in [0, 0.1) is 6.92 Å². The summed E-state index contributed by atoms with van der Waals surface area (Å²) in [5, 5.41) is 3.20. The van der Waals surface area contributed by atoms with Crippen molar-refractivity contribution >= 4 is 22.4 Å². The van der Waals surface area contributed by atoms with E-state index in [4.69, 9.17) is 0 Å². The number of hydrogen-bond donors (Lipinski definition) is 0. The first-order valence-corrected chi connectivity index (χ1v) is 6.02. The minimum absolute atomic E-state index is 0.805. The highest BCUT2D eigenvalue weighted by Gasteiger charge is 2.04. The fourth-order valence-electron chi connectivity index (χ4n) is 1.76. The van der Waals surface area contributed by atoms with Crippen molar-refractivity contribution in [3.05, 3.63) is 46.7 Å². The van der Waals surface area contributed by atoms with Gasteiger partial charge < -0.3 is 4.57 Å². The van der Waals surface area contributed by atoms with Gasteiger partial charge >= 0.3 is 0 Å². The largest absolute Gasteiger partial charge is 0.324 e. The van der Waals surface area contributed by atoms with Crippen LogP contribution in [0.3, 0.4) is 0 Å². The van der Waals surface area contributed by atoms with Gasteiger partial charge in [-0.2, -0.15) is 0 Å². The van der Waals surface area contributed by atoms with Gasteiger partial charge in [-0.1, -0.05) is 12.1 Å². The van der Waals surface area contributed by atoms with E-state index in [0.29, 0.717) is 0 Å². The van der Waals surface area contributed by atoms with Gasteiger partial charge in [-0.05, 0) is 19.1 Å². The Kier molecular flexibility index (Phi) is 2.22. The molecular formula is C12H11N3S. The summed E-state index contributed by atoms with van der Waals surface area (Å²) < 4.78 is 2.13. The van der Waals surface area contributed by atoms with Crippen LogP contribution < -0.4 is 0 Å². The van der Waals surface area contributed by atoms with E-state index in [0.717, 1.165) is 28.3 Å². The van der Waals surface area contributed by atoms with Gasteiger partial charge in [-0.3, -0.25) is 0 Å². The maximum atomic E-state index is 4.46. The van der Waals surface area contributed by atoms with E-state index in [9.17, 15) is 0 Å². The average Bonchev–Trinajstić information content (AvgIpc) is 2.87. The van der Waals surface area contributed by atoms with Crippen LogP contribution in [0.4, 0.5) is 0 Å². The Labute approximate surface area is 97.4 Å². The second kappa shape index (κ2) is 3.72. The van der Waals surface area contributed by atoms with Crippen molar-refractivity contribution in [3.63, 3.8) is 0 Å². The molecule has 0 N–H and O–H groups in total. The van der Waals surface area contributed by atoms with Crippen LogP contribution in [0.1, 0.15) is 10.7 Å². The number of imidazole rings is 1. The Bertz CT molecular complexity index is 624. The van der Waals surface area contributed by atoms with Gasteiger partial charge in [-0.15, -0.1) is 11.3 Å². The number of aryl methyl sites for hydroxylation is 1. The molecule has 0 unspecified atom stereocenters. The van der Waals surface area contributed by atoms with Crippen molar-refractivity contribution in [1.82, 2.24) is 14.5 Å². The molecule has 80 valence electrons. The third kappa shape index (κ3) is 1.61. The molecule has 0 saturated carbocycles. The van der Waals surface area contributed by atoms with E-state index in [1.54, 1.807) is 11.3 Å². The zero-order valence-electron chi connectivity index (χ0n) is 8.92. The van der Waals surface area contributed by atoms with Crippen molar-refractivity contribution < 1.29 is 0 Å². The molecule has 0 bridgehead atoms. The summed E-state index contributed by atoms with van der Waals surface area (Å²) >= 11 is 1.70. The lowest BCUT2D eigenvalue weighted by atomic mass is 10.3. The van der Waals surface area contributed by atoms with Gasteiger partial charge in [0.15, 0.2) is 0 Å². The zero-order chi connectivity index (χ0) is 11.0. The minimum Gasteiger partial charge on any atom is -0.324 e. The molecule has 0 spiro atoms. The number of hydrogen-bond acceptors (Lipinski definition) is 3. The van der Waals surface area contributed by atoms with E-state index in [1.165, 1.54) is 0 Å². The predicted molar refractivity (Wildman–Crippen MR) is 65.7 cm³/mol. The number of benzene rings is 1. The van der Waals surface area contributed by atoms with E-state index in [2.05, 4.69) is 26.0 Å². The monoisotopic (exact) mass is 229 g/mol. The fraction of sp³-hybridized carbons (Fsp3) is 0.167. The molecule has 0 amide bonds. The molecule has 4 heteroatoms. The maximum absolute atomic E-state index is 4.46. The lowest BCUT2D eigenvalue weighted by Crippen LogP contribution is -1.97. The molecule has 0 radical (unpaired) electrons. The van der Waals surface area contributed by atoms with Gasteiger partial charge in [0.2, 0.25) is 0 Å². The van der Waals surface area contributed by atoms with Gasteiger partial charge in [0.05, 0.1) is 23.9 Å². The standard InChI is InChI=1S/C12H11N3S/c1-9-7-16-12(14-9)6-15-8-13-10-4-2-3-5-11(10)15/h2-5,7-8H,6H2,1H3. The summed E-state index contributed by atoms with van der Waals surface area (Å²) in [6, 6.07) is 8.16. The number of nitrogens with zero attached hydrogens (tertiary/aromatic N) is 3. The van der Waals surface area contributed by atoms with Crippen LogP contribution in [0.15, 0.2) is 36.0 Å². The van der Waals surface area contributed by atoms with E-state index in [-0.39, 0.29) is 0 Å². The number of thiazole rings is 1. The Morgan fingerprint density at radius 1 is 1.31 bits per heavy atom. The highest BCUT2D eigenvalue weighted by molar-refractivity contribution is 7.09. The third-order valence-corrected chi connectivity index (χ3v) is 3.45. The molecular weight excluding hydrogens is 218 g/mol. The first-order valence-electron chi connectivity index (χ1n) is 5.14. The van der Waals surface area contributed by atoms with Crippen LogP contribution >= 0.6 is 11.3 Å². The second-order valence-corrected chi connectivity index (χ2v) is 4.69. The van der Waals surface area contributed by atoms with Crippen molar-refractivity contribution in [2.24, 2.45) is 0 Å². The van der Waals surface area contributed by atoms with Gasteiger partial charge in [0, 0.05) is 11.1 Å². The molecule has 0 atom stereocenters. The lowest BCUT2D eigenvalue weighted by molar-refractivity contribution is 0.813. The van der Waals surface area contributed by atoms with Gasteiger partial charge in [0.25, 0.3) is 0 Å². The Morgan fingerprint density at radius 2 is 2.19 bits per heavy atom. The smallest absolute Gasteiger partial charge is 0.113 e. The quantitative estimate of drug-likeness (QED) is 0.676. The summed E-state index contributed by atoms with van der Waals surface area (Å²) in [5.41, 5.74) is 3.29. The maximum Gasteiger partial charge on any atom is 0.113 e. The third-order valence-electron chi connectivity index (χ3n) is 2.50. The Morgan fingerprint density at radius 3 is 3.00 bits per heavy atom. The predicted octanol–water partition coefficient (Wildman–Crippen LogP) is 2.85. The minimum atomic E-state index is 0.805. The van der Waals surface area contributed by atoms with Gasteiger partial charge in [-0.25, -0.2) is 9.97 Å². The highest BCUT2D eigenvalue weighted by Crippen LogP contribution is 2.16. The Hall–Kier alpha value is -1.68. The van der Waals surface area contributed by atoms with E-state index < -0.39 is 0 Å². The summed E-state index contributed by atoms with van der Waals surface area (Å²) in [6.45, 7) is 2.82. The normalized spacial score (nSPS) is 11.1. The molecule has 3 aromatic rings. The van der Waals surface area contributed by atoms with E-state index >= 15 is 0 Å². The lowest BCUT2D eigenvalue weighted by Gasteiger charge is -2.00. The van der Waals surface area contributed by atoms with Crippen LogP contribution in [0.25, 0.3) is 11.0 Å². The SMILES string of the molecule is Cc1csc(Cn2cnc3ccccc32)n1. The van der Waals surface area contributed by atoms with Crippen molar-refractivity contribution in [3.8, 4) is 0 Å². The first kappa shape index (κ1) is 9.54. The molecule has 0 aliphatic rings. The van der Waals surface area contributed by atoms with Crippen molar-refractivity contribution in [2.75, 3.05) is 0 Å². The van der Waals surface area contributed by atoms with Crippen LogP contribution in [-0.2, 0) is 6.54 Å². The Balaban J connectivity index is 2.00. The molecule has 3 nitrogen and oxygen atoms in total. The van der Waals surface area contributed by atoms with Crippen molar-refractivity contribution in [1.29, 1.82) is 0 Å². The molecule has 0 aliphatic heterocycles. The number of aromatic nitrogens is 3. The molecule has 0 aliphatic carbocycles. The van der Waals surface area contributed by atoms with E-state index in [1.807, 2.05) is 31.5 Å². The number of para-hydroxylation sites is 2. The molecule has 1 aromatic carbocycles.